The first-order valence-corrected chi connectivity index (χ1v) is 17.9. The van der Waals surface area contributed by atoms with E-state index in [4.69, 9.17) is 28.4 Å². The van der Waals surface area contributed by atoms with E-state index >= 15 is 0 Å². The number of ether oxygens (including phenoxy) is 6. The lowest BCUT2D eigenvalue weighted by molar-refractivity contribution is -0.0907. The Morgan fingerprint density at radius 2 is 1.84 bits per heavy atom. The first kappa shape index (κ1) is 33.6. The van der Waals surface area contributed by atoms with Crippen molar-refractivity contribution in [1.82, 2.24) is 10.2 Å². The second-order valence-electron chi connectivity index (χ2n) is 13.5. The van der Waals surface area contributed by atoms with Crippen molar-refractivity contribution in [3.05, 3.63) is 88.8 Å². The quantitative estimate of drug-likeness (QED) is 0.162. The van der Waals surface area contributed by atoms with Crippen molar-refractivity contribution in [1.29, 1.82) is 0 Å². The lowest BCUT2D eigenvalue weighted by atomic mass is 10.00. The van der Waals surface area contributed by atoms with E-state index in [0.29, 0.717) is 45.2 Å². The lowest BCUT2D eigenvalue weighted by Gasteiger charge is -2.31. The molecule has 4 aromatic rings. The smallest absolute Gasteiger partial charge is 0.407 e. The van der Waals surface area contributed by atoms with Gasteiger partial charge in [-0.2, -0.15) is 0 Å². The topological polar surface area (TPSA) is 108 Å². The van der Waals surface area contributed by atoms with Gasteiger partial charge >= 0.3 is 6.09 Å². The van der Waals surface area contributed by atoms with Crippen molar-refractivity contribution in [2.24, 2.45) is 11.8 Å². The summed E-state index contributed by atoms with van der Waals surface area (Å²) in [5.41, 5.74) is 3.17. The molecule has 2 N–H and O–H groups in total. The minimum atomic E-state index is -0.884. The van der Waals surface area contributed by atoms with E-state index in [-0.39, 0.29) is 25.1 Å². The van der Waals surface area contributed by atoms with Gasteiger partial charge < -0.3 is 38.8 Å². The highest BCUT2D eigenvalue weighted by atomic mass is 32.1. The molecule has 5 atom stereocenters. The van der Waals surface area contributed by atoms with Gasteiger partial charge in [0.25, 0.3) is 0 Å². The highest BCUT2D eigenvalue weighted by Gasteiger charge is 2.44. The Hall–Kier alpha value is -3.87. The maximum Gasteiger partial charge on any atom is 0.407 e. The fourth-order valence-corrected chi connectivity index (χ4v) is 7.79. The molecule has 0 saturated carbocycles. The van der Waals surface area contributed by atoms with Crippen LogP contribution in [0.3, 0.4) is 0 Å². The van der Waals surface area contributed by atoms with Crippen LogP contribution in [-0.4, -0.2) is 73.7 Å². The van der Waals surface area contributed by atoms with Crippen molar-refractivity contribution in [2.45, 2.75) is 64.4 Å². The Kier molecular flexibility index (Phi) is 10.5. The van der Waals surface area contributed by atoms with E-state index in [1.54, 1.807) is 11.3 Å². The van der Waals surface area contributed by atoms with E-state index in [2.05, 4.69) is 41.6 Å². The van der Waals surface area contributed by atoms with Crippen LogP contribution in [-0.2, 0) is 33.8 Å². The molecule has 0 radical (unpaired) electrons. The molecule has 3 aliphatic heterocycles. The fraction of sp³-hybridized carbons (Fsp3) is 0.447. The van der Waals surface area contributed by atoms with Gasteiger partial charge in [-0.25, -0.2) is 4.79 Å². The molecule has 11 heteroatoms. The first-order chi connectivity index (χ1) is 23.9. The van der Waals surface area contributed by atoms with Crippen LogP contribution >= 0.6 is 11.3 Å². The van der Waals surface area contributed by atoms with Crippen LogP contribution in [0.2, 0.25) is 0 Å². The van der Waals surface area contributed by atoms with Crippen molar-refractivity contribution < 1.29 is 38.3 Å². The number of aliphatic hydroxyl groups is 1. The van der Waals surface area contributed by atoms with E-state index in [0.717, 1.165) is 46.9 Å². The van der Waals surface area contributed by atoms with Gasteiger partial charge in [0.15, 0.2) is 17.8 Å². The summed E-state index contributed by atoms with van der Waals surface area (Å²) < 4.78 is 35.6. The molecule has 0 spiro atoms. The number of hydrogen-bond donors (Lipinski definition) is 2. The maximum atomic E-state index is 13.3. The predicted molar refractivity (Wildman–Crippen MR) is 186 cm³/mol. The normalized spacial score (nSPS) is 20.9. The molecule has 49 heavy (non-hydrogen) atoms. The molecule has 1 aromatic heterocycles. The van der Waals surface area contributed by atoms with Crippen molar-refractivity contribution in [2.75, 3.05) is 33.1 Å². The van der Waals surface area contributed by atoms with Crippen molar-refractivity contribution >= 4 is 27.5 Å². The summed E-state index contributed by atoms with van der Waals surface area (Å²) in [5, 5.41) is 18.1. The Balaban J connectivity index is 1.03. The van der Waals surface area contributed by atoms with Crippen LogP contribution < -0.4 is 19.5 Å². The Morgan fingerprint density at radius 3 is 2.69 bits per heavy atom. The molecule has 2 saturated heterocycles. The molecule has 1 amide bonds. The number of alkyl carbamates (subject to hydrolysis) is 1. The standard InChI is InChI=1S/C38H44N2O8S/c1-24(2)17-40(18-26-9-12-33-34(16-26)47-23-46-33)19-32(41)31(39-38(42)48-35-21-45-37-30(35)13-14-43-37)15-25-7-10-28(11-8-25)44-20-27-22-49-36-6-4-3-5-29(27)36/h3-12,16,22,24,30-32,35,37,41H,13-15,17-21,23H2,1-2H3,(H,39,42)/t30-,31-,32+,35-,37+/m0/s1. The number of nitrogens with zero attached hydrogens (tertiary/aromatic N) is 1. The number of amides is 1. The van der Waals surface area contributed by atoms with Crippen molar-refractivity contribution in [3.63, 3.8) is 0 Å². The molecule has 3 aromatic carbocycles. The molecule has 0 bridgehead atoms. The van der Waals surface area contributed by atoms with Crippen LogP contribution in [0, 0.1) is 11.8 Å². The lowest BCUT2D eigenvalue weighted by Crippen LogP contribution is -2.50. The van der Waals surface area contributed by atoms with Gasteiger partial charge in [0.2, 0.25) is 6.79 Å². The van der Waals surface area contributed by atoms with Gasteiger partial charge in [-0.05, 0) is 71.0 Å². The van der Waals surface area contributed by atoms with E-state index < -0.39 is 18.2 Å². The predicted octanol–water partition coefficient (Wildman–Crippen LogP) is 6.13. The summed E-state index contributed by atoms with van der Waals surface area (Å²) in [4.78, 5) is 15.5. The van der Waals surface area contributed by atoms with Gasteiger partial charge in [-0.1, -0.05) is 50.2 Å². The van der Waals surface area contributed by atoms with Crippen LogP contribution in [0.1, 0.15) is 37.0 Å². The summed E-state index contributed by atoms with van der Waals surface area (Å²) in [6, 6.07) is 21.5. The molecular weight excluding hydrogens is 644 g/mol. The van der Waals surface area contributed by atoms with Gasteiger partial charge in [0, 0.05) is 29.9 Å². The minimum Gasteiger partial charge on any atom is -0.489 e. The summed E-state index contributed by atoms with van der Waals surface area (Å²) in [6.07, 6.45) is -0.966. The summed E-state index contributed by atoms with van der Waals surface area (Å²) in [7, 11) is 0. The number of rotatable bonds is 14. The molecule has 3 aliphatic rings. The number of nitrogens with one attached hydrogen (secondary N) is 1. The van der Waals surface area contributed by atoms with Gasteiger partial charge in [0.05, 0.1) is 31.3 Å². The molecule has 0 aliphatic carbocycles. The largest absolute Gasteiger partial charge is 0.489 e. The van der Waals surface area contributed by atoms with E-state index in [9.17, 15) is 9.90 Å². The van der Waals surface area contributed by atoms with Crippen molar-refractivity contribution in [3.8, 4) is 17.2 Å². The molecule has 0 unspecified atom stereocenters. The Bertz CT molecular complexity index is 1710. The third kappa shape index (κ3) is 8.30. The number of aliphatic hydroxyl groups excluding tert-OH is 1. The molecule has 4 heterocycles. The number of hydrogen-bond acceptors (Lipinski definition) is 10. The Labute approximate surface area is 290 Å². The van der Waals surface area contributed by atoms with E-state index in [1.807, 2.05) is 54.6 Å². The minimum absolute atomic E-state index is 0.0250. The van der Waals surface area contributed by atoms with Gasteiger partial charge in [-0.3, -0.25) is 4.90 Å². The third-order valence-corrected chi connectivity index (χ3v) is 10.3. The molecule has 260 valence electrons. The van der Waals surface area contributed by atoms with Gasteiger partial charge in [-0.15, -0.1) is 11.3 Å². The molecule has 2 fully saturated rings. The highest BCUT2D eigenvalue weighted by molar-refractivity contribution is 7.17. The average molecular weight is 689 g/mol. The monoisotopic (exact) mass is 688 g/mol. The molecule has 7 rings (SSSR count). The van der Waals surface area contributed by atoms with E-state index in [1.165, 1.54) is 10.1 Å². The fourth-order valence-electron chi connectivity index (χ4n) is 6.84. The summed E-state index contributed by atoms with van der Waals surface area (Å²) >= 11 is 1.72. The SMILES string of the molecule is CC(C)CN(Cc1ccc2c(c1)OCO2)C[C@@H](O)[C@H](Cc1ccc(OCc2csc3ccccc23)cc1)NC(=O)O[C@H]1CO[C@H]2OCC[C@H]21. The van der Waals surface area contributed by atoms with Crippen LogP contribution in [0.25, 0.3) is 10.1 Å². The van der Waals surface area contributed by atoms with Crippen LogP contribution in [0.5, 0.6) is 17.2 Å². The van der Waals surface area contributed by atoms with Crippen LogP contribution in [0.4, 0.5) is 4.79 Å². The zero-order valence-electron chi connectivity index (χ0n) is 27.9. The average Bonchev–Trinajstić information content (AvgIpc) is 3.90. The highest BCUT2D eigenvalue weighted by Crippen LogP contribution is 2.34. The molecular formula is C38H44N2O8S. The number of carbonyl (C=O) groups is 1. The number of thiophene rings is 1. The maximum absolute atomic E-state index is 13.3. The summed E-state index contributed by atoms with van der Waals surface area (Å²) in [6.45, 7) is 7.61. The zero-order valence-corrected chi connectivity index (χ0v) is 28.7. The third-order valence-electron chi connectivity index (χ3n) is 9.26. The first-order valence-electron chi connectivity index (χ1n) is 17.0. The van der Waals surface area contributed by atoms with Crippen LogP contribution in [0.15, 0.2) is 72.1 Å². The number of fused-ring (bicyclic) bond motifs is 3. The number of carbonyl (C=O) groups excluding carboxylic acids is 1. The van der Waals surface area contributed by atoms with Gasteiger partial charge in [0.1, 0.15) is 18.5 Å². The summed E-state index contributed by atoms with van der Waals surface area (Å²) in [5.74, 6) is 2.61. The zero-order chi connectivity index (χ0) is 33.7. The number of benzene rings is 3. The second-order valence-corrected chi connectivity index (χ2v) is 14.4. The Morgan fingerprint density at radius 1 is 1.02 bits per heavy atom. The molecule has 10 nitrogen and oxygen atoms in total. The second kappa shape index (κ2) is 15.3.